The number of ether oxygens (including phenoxy) is 1. The number of carbonyl (C=O) groups excluding carboxylic acids is 1. The van der Waals surface area contributed by atoms with Gasteiger partial charge in [-0.25, -0.2) is 0 Å². The van der Waals surface area contributed by atoms with Crippen LogP contribution in [0.3, 0.4) is 0 Å². The molecule has 0 bridgehead atoms. The van der Waals surface area contributed by atoms with Crippen LogP contribution in [0, 0.1) is 0 Å². The van der Waals surface area contributed by atoms with Crippen LogP contribution in [0.15, 0.2) is 0 Å². The summed E-state index contributed by atoms with van der Waals surface area (Å²) in [5.74, 6) is -0.00519. The number of hydrogen-bond acceptors (Lipinski definition) is 4. The molecule has 0 aromatic carbocycles. The first-order valence-corrected chi connectivity index (χ1v) is 5.64. The Bertz CT molecular complexity index is 256. The highest BCUT2D eigenvalue weighted by molar-refractivity contribution is 5.80. The highest BCUT2D eigenvalue weighted by atomic mass is 16.5. The summed E-state index contributed by atoms with van der Waals surface area (Å²) in [6, 6.07) is -0.192. The normalized spacial score (nSPS) is 27.4. The molecule has 16 heavy (non-hydrogen) atoms. The molecule has 2 atom stereocenters. The Labute approximate surface area is 96.8 Å². The highest BCUT2D eigenvalue weighted by Crippen LogP contribution is 2.22. The first-order chi connectivity index (χ1) is 7.39. The lowest BCUT2D eigenvalue weighted by Crippen LogP contribution is -2.58. The number of morpholine rings is 1. The van der Waals surface area contributed by atoms with Crippen molar-refractivity contribution in [1.82, 2.24) is 10.2 Å². The lowest BCUT2D eigenvalue weighted by Gasteiger charge is -2.44. The molecule has 0 aliphatic carbocycles. The second-order valence-corrected chi connectivity index (χ2v) is 4.90. The van der Waals surface area contributed by atoms with Gasteiger partial charge in [0, 0.05) is 20.1 Å². The van der Waals surface area contributed by atoms with Crippen molar-refractivity contribution in [2.24, 2.45) is 0 Å². The van der Waals surface area contributed by atoms with Gasteiger partial charge >= 0.3 is 0 Å². The number of hydrogen-bond donors (Lipinski definition) is 2. The zero-order valence-corrected chi connectivity index (χ0v) is 10.5. The smallest absolute Gasteiger partial charge is 0.236 e. The van der Waals surface area contributed by atoms with Crippen LogP contribution in [-0.4, -0.2) is 60.4 Å². The molecule has 1 saturated heterocycles. The summed E-state index contributed by atoms with van der Waals surface area (Å²) < 4.78 is 5.69. The molecular weight excluding hydrogens is 208 g/mol. The minimum Gasteiger partial charge on any atom is -0.394 e. The number of amides is 1. The second-order valence-electron chi connectivity index (χ2n) is 4.90. The molecule has 1 fully saturated rings. The first kappa shape index (κ1) is 13.4. The Balaban J connectivity index is 2.69. The minimum absolute atomic E-state index is 0.00519. The van der Waals surface area contributed by atoms with E-state index in [9.17, 15) is 4.79 Å². The van der Waals surface area contributed by atoms with E-state index in [1.807, 2.05) is 25.7 Å². The average molecular weight is 230 g/mol. The molecular formula is C11H22N2O3. The number of rotatable bonds is 3. The highest BCUT2D eigenvalue weighted by Gasteiger charge is 2.36. The second kappa shape index (κ2) is 5.12. The number of likely N-dealkylation sites (N-methyl/N-ethyl adjacent to an activating group) is 1. The van der Waals surface area contributed by atoms with Crippen molar-refractivity contribution in [1.29, 1.82) is 0 Å². The van der Waals surface area contributed by atoms with Gasteiger partial charge in [-0.2, -0.15) is 0 Å². The molecule has 94 valence electrons. The maximum absolute atomic E-state index is 11.6. The number of carbonyl (C=O) groups is 1. The van der Waals surface area contributed by atoms with E-state index in [2.05, 4.69) is 5.32 Å². The van der Waals surface area contributed by atoms with Crippen LogP contribution in [0.25, 0.3) is 0 Å². The Morgan fingerprint density at radius 2 is 2.31 bits per heavy atom. The minimum atomic E-state index is -0.325. The zero-order chi connectivity index (χ0) is 12.3. The Morgan fingerprint density at radius 1 is 1.69 bits per heavy atom. The molecule has 0 saturated carbocycles. The zero-order valence-electron chi connectivity index (χ0n) is 10.5. The van der Waals surface area contributed by atoms with E-state index in [0.29, 0.717) is 13.1 Å². The van der Waals surface area contributed by atoms with Gasteiger partial charge in [-0.15, -0.1) is 0 Å². The summed E-state index contributed by atoms with van der Waals surface area (Å²) in [5.41, 5.74) is -0.325. The van der Waals surface area contributed by atoms with Gasteiger partial charge in [-0.3, -0.25) is 9.69 Å². The average Bonchev–Trinajstić information content (AvgIpc) is 2.24. The van der Waals surface area contributed by atoms with Gasteiger partial charge in [-0.05, 0) is 20.8 Å². The first-order valence-electron chi connectivity index (χ1n) is 5.64. The third kappa shape index (κ3) is 3.17. The summed E-state index contributed by atoms with van der Waals surface area (Å²) in [4.78, 5) is 13.6. The molecule has 2 unspecified atom stereocenters. The van der Waals surface area contributed by atoms with Crippen molar-refractivity contribution in [3.05, 3.63) is 0 Å². The molecule has 5 heteroatoms. The van der Waals surface area contributed by atoms with E-state index in [1.54, 1.807) is 7.05 Å². The Hall–Kier alpha value is -0.650. The van der Waals surface area contributed by atoms with Crippen molar-refractivity contribution in [2.45, 2.75) is 38.5 Å². The van der Waals surface area contributed by atoms with Gasteiger partial charge in [0.25, 0.3) is 0 Å². The Morgan fingerprint density at radius 3 is 2.81 bits per heavy atom. The van der Waals surface area contributed by atoms with Gasteiger partial charge in [0.15, 0.2) is 0 Å². The predicted molar refractivity (Wildman–Crippen MR) is 61.1 cm³/mol. The van der Waals surface area contributed by atoms with Crippen molar-refractivity contribution in [2.75, 3.05) is 26.7 Å². The van der Waals surface area contributed by atoms with Crippen LogP contribution in [0.2, 0.25) is 0 Å². The quantitative estimate of drug-likeness (QED) is 0.692. The molecule has 0 spiro atoms. The maximum Gasteiger partial charge on any atom is 0.236 e. The fraction of sp³-hybridized carbons (Fsp3) is 0.909. The van der Waals surface area contributed by atoms with Crippen LogP contribution in [0.4, 0.5) is 0 Å². The van der Waals surface area contributed by atoms with Crippen LogP contribution in [0.1, 0.15) is 20.8 Å². The monoisotopic (exact) mass is 230 g/mol. The van der Waals surface area contributed by atoms with Crippen molar-refractivity contribution < 1.29 is 14.6 Å². The summed E-state index contributed by atoms with van der Waals surface area (Å²) in [7, 11) is 1.63. The van der Waals surface area contributed by atoms with E-state index >= 15 is 0 Å². The lowest BCUT2D eigenvalue weighted by molar-refractivity contribution is -0.160. The fourth-order valence-corrected chi connectivity index (χ4v) is 2.11. The lowest BCUT2D eigenvalue weighted by atomic mass is 10.0. The largest absolute Gasteiger partial charge is 0.394 e. The Kier molecular flexibility index (Phi) is 4.29. The number of nitrogens with zero attached hydrogens (tertiary/aromatic N) is 1. The summed E-state index contributed by atoms with van der Waals surface area (Å²) in [6.45, 7) is 7.08. The van der Waals surface area contributed by atoms with E-state index < -0.39 is 0 Å². The summed E-state index contributed by atoms with van der Waals surface area (Å²) >= 11 is 0. The van der Waals surface area contributed by atoms with Gasteiger partial charge in [0.05, 0.1) is 24.4 Å². The predicted octanol–water partition coefficient (Wildman–Crippen LogP) is -0.407. The molecule has 2 N–H and O–H groups in total. The molecule has 1 aliphatic rings. The van der Waals surface area contributed by atoms with Crippen molar-refractivity contribution in [3.8, 4) is 0 Å². The van der Waals surface area contributed by atoms with Crippen LogP contribution in [0.5, 0.6) is 0 Å². The number of aliphatic hydroxyl groups is 1. The summed E-state index contributed by atoms with van der Waals surface area (Å²) in [5, 5.41) is 11.8. The fourth-order valence-electron chi connectivity index (χ4n) is 2.11. The van der Waals surface area contributed by atoms with Crippen LogP contribution in [-0.2, 0) is 9.53 Å². The third-order valence-corrected chi connectivity index (χ3v) is 2.88. The van der Waals surface area contributed by atoms with Gasteiger partial charge in [-0.1, -0.05) is 0 Å². The van der Waals surface area contributed by atoms with Gasteiger partial charge in [0.1, 0.15) is 0 Å². The molecule has 0 aromatic heterocycles. The molecule has 1 amide bonds. The van der Waals surface area contributed by atoms with Gasteiger partial charge < -0.3 is 15.2 Å². The van der Waals surface area contributed by atoms with Crippen molar-refractivity contribution in [3.63, 3.8) is 0 Å². The van der Waals surface area contributed by atoms with E-state index in [1.165, 1.54) is 0 Å². The molecule has 0 radical (unpaired) electrons. The molecule has 1 aliphatic heterocycles. The standard InChI is InChI=1S/C11H22N2O3/c1-8(10(15)12-4)13-5-9(6-14)16-11(2,3)7-13/h8-9,14H,5-7H2,1-4H3,(H,12,15). The topological polar surface area (TPSA) is 61.8 Å². The number of aliphatic hydroxyl groups excluding tert-OH is 1. The molecule has 1 rings (SSSR count). The summed E-state index contributed by atoms with van der Waals surface area (Å²) in [6.07, 6.45) is -0.212. The molecule has 1 heterocycles. The van der Waals surface area contributed by atoms with E-state index in [-0.39, 0.29) is 30.3 Å². The number of nitrogens with one attached hydrogen (secondary N) is 1. The van der Waals surface area contributed by atoms with Crippen LogP contribution < -0.4 is 5.32 Å². The maximum atomic E-state index is 11.6. The molecule has 0 aromatic rings. The van der Waals surface area contributed by atoms with Crippen LogP contribution >= 0.6 is 0 Å². The van der Waals surface area contributed by atoms with E-state index in [4.69, 9.17) is 9.84 Å². The SMILES string of the molecule is CNC(=O)C(C)N1CC(CO)OC(C)(C)C1. The van der Waals surface area contributed by atoms with E-state index in [0.717, 1.165) is 0 Å². The van der Waals surface area contributed by atoms with Crippen molar-refractivity contribution >= 4 is 5.91 Å². The van der Waals surface area contributed by atoms with Gasteiger partial charge in [0.2, 0.25) is 5.91 Å². The molecule has 5 nitrogen and oxygen atoms in total. The third-order valence-electron chi connectivity index (χ3n) is 2.88.